The van der Waals surface area contributed by atoms with Gasteiger partial charge in [0.15, 0.2) is 0 Å². The van der Waals surface area contributed by atoms with Crippen LogP contribution in [0.5, 0.6) is 0 Å². The van der Waals surface area contributed by atoms with Crippen molar-refractivity contribution < 1.29 is 8.97 Å². The molecule has 0 saturated heterocycles. The van der Waals surface area contributed by atoms with E-state index in [4.69, 9.17) is 0 Å². The summed E-state index contributed by atoms with van der Waals surface area (Å²) in [7, 11) is 0. The van der Waals surface area contributed by atoms with Gasteiger partial charge in [-0.25, -0.2) is 0 Å². The lowest BCUT2D eigenvalue weighted by molar-refractivity contribution is -0.946. The van der Waals surface area contributed by atoms with Gasteiger partial charge < -0.3 is 8.97 Å². The van der Waals surface area contributed by atoms with Crippen LogP contribution in [-0.4, -0.2) is 61.3 Å². The molecule has 0 unspecified atom stereocenters. The fraction of sp³-hybridized carbons (Fsp3) is 1.00. The average molecular weight is 581 g/mol. The topological polar surface area (TPSA) is 0 Å². The summed E-state index contributed by atoms with van der Waals surface area (Å²) in [6.07, 6.45) is 35.7. The largest absolute Gasteiger partial charge is 0.323 e. The van der Waals surface area contributed by atoms with Crippen LogP contribution in [0.25, 0.3) is 0 Å². The number of rotatable bonds is 34. The third-order valence-electron chi connectivity index (χ3n) is 10.2. The Morgan fingerprint density at radius 3 is 0.537 bits per heavy atom. The van der Waals surface area contributed by atoms with Gasteiger partial charge in [-0.15, -0.1) is 0 Å². The predicted molar refractivity (Wildman–Crippen MR) is 189 cm³/mol. The first-order chi connectivity index (χ1) is 20.1. The van der Waals surface area contributed by atoms with E-state index in [-0.39, 0.29) is 0 Å². The fourth-order valence-corrected chi connectivity index (χ4v) is 7.33. The molecule has 2 nitrogen and oxygen atoms in total. The van der Waals surface area contributed by atoms with Gasteiger partial charge in [0, 0.05) is 6.42 Å². The van der Waals surface area contributed by atoms with Gasteiger partial charge in [0.05, 0.1) is 52.4 Å². The van der Waals surface area contributed by atoms with Gasteiger partial charge in [0.2, 0.25) is 0 Å². The van der Waals surface area contributed by atoms with E-state index in [0.717, 1.165) is 0 Å². The van der Waals surface area contributed by atoms with Crippen LogP contribution in [0.4, 0.5) is 0 Å². The third kappa shape index (κ3) is 23.0. The van der Waals surface area contributed by atoms with Crippen molar-refractivity contribution in [1.82, 2.24) is 0 Å². The Bertz CT molecular complexity index is 395. The molecule has 0 N–H and O–H groups in total. The van der Waals surface area contributed by atoms with Gasteiger partial charge in [-0.3, -0.25) is 0 Å². The normalized spacial score (nSPS) is 12.4. The lowest BCUT2D eigenvalue weighted by Crippen LogP contribution is -2.54. The number of nitrogens with zero attached hydrogens (tertiary/aromatic N) is 2. The van der Waals surface area contributed by atoms with E-state index in [1.165, 1.54) is 222 Å². The fourth-order valence-electron chi connectivity index (χ4n) is 7.33. The molecule has 0 bridgehead atoms. The first-order valence-electron chi connectivity index (χ1n) is 19.8. The maximum Gasteiger partial charge on any atom is 0.0841 e. The maximum atomic E-state index is 2.37. The number of unbranched alkanes of at least 4 members (excludes halogenated alkanes) is 18. The highest BCUT2D eigenvalue weighted by Gasteiger charge is 2.30. The second-order valence-corrected chi connectivity index (χ2v) is 14.2. The highest BCUT2D eigenvalue weighted by atomic mass is 15.4. The SMILES string of the molecule is CCCCCC[N+](CCCCCC)(CCCCCC)CCC[N+](CCCCCC)(CCCCCC)CCCCCC. The van der Waals surface area contributed by atoms with Gasteiger partial charge in [-0.1, -0.05) is 119 Å². The minimum atomic E-state index is 1.36. The van der Waals surface area contributed by atoms with Crippen molar-refractivity contribution >= 4 is 0 Å². The molecule has 0 heterocycles. The quantitative estimate of drug-likeness (QED) is 0.0524. The van der Waals surface area contributed by atoms with Gasteiger partial charge in [0.1, 0.15) is 0 Å². The molecule has 41 heavy (non-hydrogen) atoms. The summed E-state index contributed by atoms with van der Waals surface area (Å²) in [6, 6.07) is 0. The molecular weight excluding hydrogens is 496 g/mol. The molecule has 0 aliphatic heterocycles. The highest BCUT2D eigenvalue weighted by molar-refractivity contribution is 4.56. The van der Waals surface area contributed by atoms with Crippen molar-refractivity contribution in [2.45, 2.75) is 202 Å². The number of hydrogen-bond donors (Lipinski definition) is 0. The summed E-state index contributed by atoms with van der Waals surface area (Å²) < 4.78 is 2.91. The van der Waals surface area contributed by atoms with Crippen molar-refractivity contribution in [3.8, 4) is 0 Å². The molecular formula is C39H84N2+2. The zero-order valence-corrected chi connectivity index (χ0v) is 30.2. The van der Waals surface area contributed by atoms with E-state index in [1.54, 1.807) is 0 Å². The Labute approximate surface area is 263 Å². The first-order valence-corrected chi connectivity index (χ1v) is 19.8. The molecule has 0 saturated carbocycles. The lowest BCUT2D eigenvalue weighted by Gasteiger charge is -2.43. The van der Waals surface area contributed by atoms with Gasteiger partial charge >= 0.3 is 0 Å². The van der Waals surface area contributed by atoms with Gasteiger partial charge in [-0.05, 0) is 77.0 Å². The van der Waals surface area contributed by atoms with Crippen LogP contribution in [0.2, 0.25) is 0 Å². The van der Waals surface area contributed by atoms with E-state index in [9.17, 15) is 0 Å². The van der Waals surface area contributed by atoms with Crippen LogP contribution in [0, 0.1) is 0 Å². The zero-order chi connectivity index (χ0) is 30.3. The standard InChI is InChI=1S/C39H84N2/c1-7-13-19-25-32-40(33-26-20-14-8-2,34-27-21-15-9-3)38-31-39-41(35-28-22-16-10-4,36-29-23-17-11-5)37-30-24-18-12-6/h7-39H2,1-6H3/q+2. The van der Waals surface area contributed by atoms with E-state index >= 15 is 0 Å². The van der Waals surface area contributed by atoms with E-state index in [1.807, 2.05) is 0 Å². The summed E-state index contributed by atoms with van der Waals surface area (Å²) in [4.78, 5) is 0. The molecule has 0 aromatic rings. The smallest absolute Gasteiger partial charge is 0.0841 e. The van der Waals surface area contributed by atoms with Crippen molar-refractivity contribution in [2.24, 2.45) is 0 Å². The maximum absolute atomic E-state index is 2.37. The van der Waals surface area contributed by atoms with E-state index in [2.05, 4.69) is 41.5 Å². The summed E-state index contributed by atoms with van der Waals surface area (Å²) >= 11 is 0. The Kier molecular flexibility index (Phi) is 29.9. The Morgan fingerprint density at radius 1 is 0.195 bits per heavy atom. The average Bonchev–Trinajstić information content (AvgIpc) is 2.98. The Balaban J connectivity index is 5.70. The summed E-state index contributed by atoms with van der Waals surface area (Å²) in [6.45, 7) is 25.9. The molecule has 0 aliphatic carbocycles. The van der Waals surface area contributed by atoms with Crippen molar-refractivity contribution in [1.29, 1.82) is 0 Å². The minimum absolute atomic E-state index is 1.36. The molecule has 2 heteroatoms. The van der Waals surface area contributed by atoms with E-state index in [0.29, 0.717) is 0 Å². The number of quaternary nitrogens is 2. The van der Waals surface area contributed by atoms with Crippen molar-refractivity contribution in [2.75, 3.05) is 52.4 Å². The van der Waals surface area contributed by atoms with Crippen LogP contribution in [0.3, 0.4) is 0 Å². The monoisotopic (exact) mass is 581 g/mol. The van der Waals surface area contributed by atoms with Crippen LogP contribution in [0.15, 0.2) is 0 Å². The zero-order valence-electron chi connectivity index (χ0n) is 30.2. The summed E-state index contributed by atoms with van der Waals surface area (Å²) in [5, 5.41) is 0. The van der Waals surface area contributed by atoms with Crippen molar-refractivity contribution in [3.63, 3.8) is 0 Å². The Morgan fingerprint density at radius 2 is 0.366 bits per heavy atom. The van der Waals surface area contributed by atoms with Crippen LogP contribution in [0.1, 0.15) is 202 Å². The number of hydrogen-bond acceptors (Lipinski definition) is 0. The molecule has 0 aliphatic rings. The molecule has 0 radical (unpaired) electrons. The molecule has 0 rings (SSSR count). The summed E-state index contributed by atoms with van der Waals surface area (Å²) in [5.74, 6) is 0. The van der Waals surface area contributed by atoms with Crippen LogP contribution < -0.4 is 0 Å². The van der Waals surface area contributed by atoms with Gasteiger partial charge in [-0.2, -0.15) is 0 Å². The van der Waals surface area contributed by atoms with Crippen LogP contribution >= 0.6 is 0 Å². The van der Waals surface area contributed by atoms with E-state index < -0.39 is 0 Å². The van der Waals surface area contributed by atoms with Crippen LogP contribution in [-0.2, 0) is 0 Å². The lowest BCUT2D eigenvalue weighted by atomic mass is 10.1. The minimum Gasteiger partial charge on any atom is -0.323 e. The molecule has 0 atom stereocenters. The molecule has 0 fully saturated rings. The third-order valence-corrected chi connectivity index (χ3v) is 10.2. The molecule has 0 amide bonds. The first kappa shape index (κ1) is 40.9. The second kappa shape index (κ2) is 30.0. The Hall–Kier alpha value is -0.0800. The summed E-state index contributed by atoms with van der Waals surface area (Å²) in [5.41, 5.74) is 0. The molecule has 0 aromatic heterocycles. The van der Waals surface area contributed by atoms with Crippen molar-refractivity contribution in [3.05, 3.63) is 0 Å². The molecule has 248 valence electrons. The molecule has 0 spiro atoms. The predicted octanol–water partition coefficient (Wildman–Crippen LogP) is 12.5. The second-order valence-electron chi connectivity index (χ2n) is 14.2. The van der Waals surface area contributed by atoms with Gasteiger partial charge in [0.25, 0.3) is 0 Å². The highest BCUT2D eigenvalue weighted by Crippen LogP contribution is 2.22. The molecule has 0 aromatic carbocycles.